The van der Waals surface area contributed by atoms with Gasteiger partial charge in [0.15, 0.2) is 6.10 Å². The summed E-state index contributed by atoms with van der Waals surface area (Å²) in [4.78, 5) is 37.3. The molecule has 2 aromatic rings. The van der Waals surface area contributed by atoms with E-state index in [1.165, 1.54) is 24.3 Å². The fraction of sp³-hybridized carbons (Fsp3) is 0.278. The first-order valence-electron chi connectivity index (χ1n) is 7.70. The van der Waals surface area contributed by atoms with E-state index in [9.17, 15) is 14.4 Å². The summed E-state index contributed by atoms with van der Waals surface area (Å²) in [6.45, 7) is 3.96. The maximum absolute atomic E-state index is 12.5. The van der Waals surface area contributed by atoms with Gasteiger partial charge in [0.1, 0.15) is 0 Å². The van der Waals surface area contributed by atoms with Crippen LogP contribution in [0.15, 0.2) is 41.8 Å². The Balaban J connectivity index is 2.15. The van der Waals surface area contributed by atoms with Crippen molar-refractivity contribution in [1.29, 1.82) is 0 Å². The van der Waals surface area contributed by atoms with Crippen LogP contribution in [0.5, 0.6) is 0 Å². The van der Waals surface area contributed by atoms with Crippen LogP contribution in [0.3, 0.4) is 0 Å². The lowest BCUT2D eigenvalue weighted by Gasteiger charge is -2.14. The van der Waals surface area contributed by atoms with E-state index >= 15 is 0 Å². The van der Waals surface area contributed by atoms with Gasteiger partial charge in [0.05, 0.1) is 10.4 Å². The molecule has 1 N–H and O–H groups in total. The molecule has 0 aliphatic carbocycles. The molecule has 2 rings (SSSR count). The minimum Gasteiger partial charge on any atom is -0.449 e. The highest BCUT2D eigenvalue weighted by molar-refractivity contribution is 7.12. The molecular formula is C18H19NO4S. The lowest BCUT2D eigenvalue weighted by molar-refractivity contribution is -0.129. The monoisotopic (exact) mass is 345 g/mol. The number of ether oxygens (including phenoxy) is 1. The van der Waals surface area contributed by atoms with E-state index in [0.717, 1.165) is 6.42 Å². The summed E-state index contributed by atoms with van der Waals surface area (Å²) in [5, 5.41) is 4.47. The van der Waals surface area contributed by atoms with Crippen LogP contribution in [-0.4, -0.2) is 30.3 Å². The average Bonchev–Trinajstić information content (AvgIpc) is 3.13. The van der Waals surface area contributed by atoms with E-state index in [4.69, 9.17) is 4.74 Å². The van der Waals surface area contributed by atoms with Crippen molar-refractivity contribution >= 4 is 29.0 Å². The molecule has 0 saturated carbocycles. The second-order valence-corrected chi connectivity index (χ2v) is 6.14. The molecule has 0 unspecified atom stereocenters. The summed E-state index contributed by atoms with van der Waals surface area (Å²) < 4.78 is 5.20. The molecule has 0 radical (unpaired) electrons. The molecule has 0 aliphatic rings. The molecule has 24 heavy (non-hydrogen) atoms. The van der Waals surface area contributed by atoms with Crippen molar-refractivity contribution < 1.29 is 19.1 Å². The number of carbonyl (C=O) groups is 3. The smallest absolute Gasteiger partial charge is 0.339 e. The summed E-state index contributed by atoms with van der Waals surface area (Å²) in [6.07, 6.45) is -0.126. The van der Waals surface area contributed by atoms with Crippen LogP contribution >= 0.6 is 11.3 Å². The van der Waals surface area contributed by atoms with Crippen LogP contribution in [0.2, 0.25) is 0 Å². The largest absolute Gasteiger partial charge is 0.449 e. The molecule has 0 bridgehead atoms. The van der Waals surface area contributed by atoms with Crippen molar-refractivity contribution in [3.63, 3.8) is 0 Å². The Labute approximate surface area is 144 Å². The van der Waals surface area contributed by atoms with Crippen molar-refractivity contribution in [2.75, 3.05) is 6.54 Å². The molecule has 1 heterocycles. The second-order valence-electron chi connectivity index (χ2n) is 5.19. The summed E-state index contributed by atoms with van der Waals surface area (Å²) in [5.41, 5.74) is 0.428. The molecule has 0 saturated heterocycles. The number of hydrogen-bond acceptors (Lipinski definition) is 5. The zero-order valence-corrected chi connectivity index (χ0v) is 14.4. The van der Waals surface area contributed by atoms with Gasteiger partial charge in [-0.25, -0.2) is 4.79 Å². The first-order chi connectivity index (χ1) is 11.5. The van der Waals surface area contributed by atoms with Gasteiger partial charge in [-0.05, 0) is 30.9 Å². The zero-order valence-electron chi connectivity index (χ0n) is 13.6. The highest BCUT2D eigenvalue weighted by atomic mass is 32.1. The van der Waals surface area contributed by atoms with Gasteiger partial charge in [0.25, 0.3) is 5.91 Å². The summed E-state index contributed by atoms with van der Waals surface area (Å²) >= 11 is 1.31. The topological polar surface area (TPSA) is 72.5 Å². The predicted octanol–water partition coefficient (Wildman–Crippen LogP) is 3.05. The number of amides is 1. The Hall–Kier alpha value is -2.47. The number of ketones is 1. The second kappa shape index (κ2) is 8.40. The first-order valence-corrected chi connectivity index (χ1v) is 8.58. The third-order valence-electron chi connectivity index (χ3n) is 3.34. The maximum atomic E-state index is 12.5. The number of hydrogen-bond donors (Lipinski definition) is 1. The Morgan fingerprint density at radius 1 is 1.12 bits per heavy atom. The normalized spacial score (nSPS) is 11.6. The van der Waals surface area contributed by atoms with Crippen LogP contribution in [-0.2, 0) is 9.53 Å². The lowest BCUT2D eigenvalue weighted by Crippen LogP contribution is -2.36. The fourth-order valence-electron chi connectivity index (χ4n) is 2.07. The molecule has 5 nitrogen and oxygen atoms in total. The van der Waals surface area contributed by atoms with Crippen molar-refractivity contribution in [3.8, 4) is 0 Å². The highest BCUT2D eigenvalue weighted by Crippen LogP contribution is 2.19. The minimum absolute atomic E-state index is 0.158. The Bertz CT molecular complexity index is 724. The van der Waals surface area contributed by atoms with Gasteiger partial charge in [-0.15, -0.1) is 11.3 Å². The van der Waals surface area contributed by atoms with E-state index in [-0.39, 0.29) is 22.8 Å². The lowest BCUT2D eigenvalue weighted by atomic mass is 10.0. The van der Waals surface area contributed by atoms with Crippen molar-refractivity contribution in [1.82, 2.24) is 5.32 Å². The first kappa shape index (κ1) is 17.9. The van der Waals surface area contributed by atoms with Crippen LogP contribution < -0.4 is 5.32 Å². The third-order valence-corrected chi connectivity index (χ3v) is 4.21. The number of thiophene rings is 1. The molecule has 1 aromatic carbocycles. The van der Waals surface area contributed by atoms with Gasteiger partial charge < -0.3 is 10.1 Å². The minimum atomic E-state index is -0.922. The quantitative estimate of drug-likeness (QED) is 0.618. The number of benzene rings is 1. The SMILES string of the molecule is CCCNC(=O)[C@@H](C)OC(=O)c1ccccc1C(=O)c1cccs1. The van der Waals surface area contributed by atoms with Gasteiger partial charge in [0.2, 0.25) is 5.78 Å². The zero-order chi connectivity index (χ0) is 17.5. The van der Waals surface area contributed by atoms with Crippen molar-refractivity contribution in [2.24, 2.45) is 0 Å². The van der Waals surface area contributed by atoms with Gasteiger partial charge in [0, 0.05) is 12.1 Å². The maximum Gasteiger partial charge on any atom is 0.339 e. The standard InChI is InChI=1S/C18H19NO4S/c1-3-10-19-17(21)12(2)23-18(22)14-8-5-4-7-13(14)16(20)15-9-6-11-24-15/h4-9,11-12H,3,10H2,1-2H3,(H,19,21)/t12-/m1/s1. The van der Waals surface area contributed by atoms with E-state index in [1.54, 1.807) is 35.7 Å². The van der Waals surface area contributed by atoms with Crippen LogP contribution in [0.25, 0.3) is 0 Å². The van der Waals surface area contributed by atoms with Gasteiger partial charge in [-0.2, -0.15) is 0 Å². The molecule has 6 heteroatoms. The van der Waals surface area contributed by atoms with E-state index in [1.807, 2.05) is 6.92 Å². The predicted molar refractivity (Wildman–Crippen MR) is 92.4 cm³/mol. The molecule has 0 fully saturated rings. The molecule has 1 atom stereocenters. The highest BCUT2D eigenvalue weighted by Gasteiger charge is 2.23. The van der Waals surface area contributed by atoms with Gasteiger partial charge in [-0.1, -0.05) is 31.2 Å². The summed E-state index contributed by atoms with van der Waals surface area (Å²) in [7, 11) is 0. The Kier molecular flexibility index (Phi) is 6.26. The molecule has 126 valence electrons. The van der Waals surface area contributed by atoms with Crippen LogP contribution in [0.4, 0.5) is 0 Å². The number of rotatable bonds is 7. The van der Waals surface area contributed by atoms with Crippen molar-refractivity contribution in [2.45, 2.75) is 26.4 Å². The summed E-state index contributed by atoms with van der Waals surface area (Å²) in [6, 6.07) is 9.94. The van der Waals surface area contributed by atoms with Crippen LogP contribution in [0.1, 0.15) is 45.9 Å². The van der Waals surface area contributed by atoms with Gasteiger partial charge >= 0.3 is 5.97 Å². The molecule has 1 amide bonds. The number of esters is 1. The summed E-state index contributed by atoms with van der Waals surface area (Å²) in [5.74, 6) is -1.28. The van der Waals surface area contributed by atoms with Crippen molar-refractivity contribution in [3.05, 3.63) is 57.8 Å². The third kappa shape index (κ3) is 4.29. The Morgan fingerprint density at radius 3 is 2.46 bits per heavy atom. The molecule has 0 spiro atoms. The fourth-order valence-corrected chi connectivity index (χ4v) is 2.75. The van der Waals surface area contributed by atoms with E-state index in [0.29, 0.717) is 11.4 Å². The van der Waals surface area contributed by atoms with E-state index in [2.05, 4.69) is 5.32 Å². The number of carbonyl (C=O) groups excluding carboxylic acids is 3. The molecular weight excluding hydrogens is 326 g/mol. The molecule has 0 aliphatic heterocycles. The van der Waals surface area contributed by atoms with Crippen LogP contribution in [0, 0.1) is 0 Å². The van der Waals surface area contributed by atoms with E-state index < -0.39 is 12.1 Å². The van der Waals surface area contributed by atoms with Gasteiger partial charge in [-0.3, -0.25) is 9.59 Å². The Morgan fingerprint density at radius 2 is 1.83 bits per heavy atom. The number of nitrogens with one attached hydrogen (secondary N) is 1. The molecule has 1 aromatic heterocycles. The average molecular weight is 345 g/mol.